The van der Waals surface area contributed by atoms with Crippen molar-refractivity contribution in [2.75, 3.05) is 0 Å². The van der Waals surface area contributed by atoms with Crippen LogP contribution in [0.3, 0.4) is 0 Å². The van der Waals surface area contributed by atoms with E-state index in [2.05, 4.69) is 12.1 Å². The van der Waals surface area contributed by atoms with Crippen LogP contribution in [0.15, 0.2) is 79.0 Å². The molecule has 1 saturated heterocycles. The minimum Gasteiger partial charge on any atom is -0.357 e. The zero-order valence-corrected chi connectivity index (χ0v) is 18.8. The predicted molar refractivity (Wildman–Crippen MR) is 127 cm³/mol. The Hall–Kier alpha value is -3.57. The Morgan fingerprint density at radius 1 is 0.909 bits per heavy atom. The minimum atomic E-state index is -1.53. The van der Waals surface area contributed by atoms with Crippen molar-refractivity contribution < 1.29 is 4.79 Å². The molecule has 33 heavy (non-hydrogen) atoms. The largest absolute Gasteiger partial charge is 0.357 e. The number of Topliss-reactive ketones (excluding diaryl/α,β-unsaturated/α-hetero) is 1. The van der Waals surface area contributed by atoms with Gasteiger partial charge in [-0.25, -0.2) is 0 Å². The van der Waals surface area contributed by atoms with Crippen molar-refractivity contribution in [3.05, 3.63) is 111 Å². The van der Waals surface area contributed by atoms with E-state index in [4.69, 9.17) is 23.2 Å². The first-order chi connectivity index (χ1) is 16.0. The molecule has 2 aliphatic rings. The van der Waals surface area contributed by atoms with E-state index in [0.29, 0.717) is 21.2 Å². The topological polar surface area (TPSA) is 67.9 Å². The highest BCUT2D eigenvalue weighted by molar-refractivity contribution is 6.42. The van der Waals surface area contributed by atoms with Crippen LogP contribution in [0.5, 0.6) is 0 Å². The Balaban J connectivity index is 1.79. The lowest BCUT2D eigenvalue weighted by atomic mass is 9.67. The first kappa shape index (κ1) is 21.3. The fourth-order valence-electron chi connectivity index (χ4n) is 5.15. The average Bonchev–Trinajstić information content (AvgIpc) is 3.17. The third-order valence-corrected chi connectivity index (χ3v) is 7.31. The number of carbonyl (C=O) groups is 1. The molecular formula is C27H17Cl2N3O. The Labute approximate surface area is 201 Å². The fraction of sp³-hybridized carbons (Fsp3) is 0.148. The molecule has 2 heterocycles. The Bertz CT molecular complexity index is 1360. The SMILES string of the molecule is N#CC1(C#N)C(c2ccc(Cl)c(Cl)c2)C(C(=O)c2ccccc2)N2C=Cc3ccccc3C21. The first-order valence-electron chi connectivity index (χ1n) is 10.4. The molecule has 0 bridgehead atoms. The Kier molecular flexibility index (Phi) is 5.22. The quantitative estimate of drug-likeness (QED) is 0.415. The summed E-state index contributed by atoms with van der Waals surface area (Å²) in [5.74, 6) is -0.913. The van der Waals surface area contributed by atoms with E-state index in [1.54, 1.807) is 42.5 Å². The average molecular weight is 470 g/mol. The summed E-state index contributed by atoms with van der Waals surface area (Å²) in [4.78, 5) is 15.8. The molecule has 6 heteroatoms. The minimum absolute atomic E-state index is 0.159. The molecule has 4 nitrogen and oxygen atoms in total. The van der Waals surface area contributed by atoms with Crippen LogP contribution in [0.25, 0.3) is 6.08 Å². The lowest BCUT2D eigenvalue weighted by Crippen LogP contribution is -2.37. The molecule has 2 aliphatic heterocycles. The van der Waals surface area contributed by atoms with Crippen LogP contribution in [0.1, 0.15) is 39.0 Å². The second kappa shape index (κ2) is 8.09. The van der Waals surface area contributed by atoms with E-state index >= 15 is 0 Å². The number of carbonyl (C=O) groups excluding carboxylic acids is 1. The van der Waals surface area contributed by atoms with E-state index in [-0.39, 0.29) is 5.78 Å². The van der Waals surface area contributed by atoms with E-state index < -0.39 is 23.4 Å². The van der Waals surface area contributed by atoms with Crippen molar-refractivity contribution in [1.29, 1.82) is 10.5 Å². The molecule has 0 saturated carbocycles. The van der Waals surface area contributed by atoms with Gasteiger partial charge in [-0.3, -0.25) is 4.79 Å². The molecule has 3 atom stereocenters. The van der Waals surface area contributed by atoms with Gasteiger partial charge in [0, 0.05) is 17.7 Å². The molecule has 0 radical (unpaired) electrons. The zero-order valence-electron chi connectivity index (χ0n) is 17.3. The number of halogens is 2. The van der Waals surface area contributed by atoms with Crippen LogP contribution >= 0.6 is 23.2 Å². The van der Waals surface area contributed by atoms with Gasteiger partial charge < -0.3 is 4.90 Å². The lowest BCUT2D eigenvalue weighted by Gasteiger charge is -2.34. The number of fused-ring (bicyclic) bond motifs is 3. The van der Waals surface area contributed by atoms with Gasteiger partial charge in [0.25, 0.3) is 0 Å². The fourth-order valence-corrected chi connectivity index (χ4v) is 5.45. The van der Waals surface area contributed by atoms with Gasteiger partial charge in [0.1, 0.15) is 6.04 Å². The molecule has 0 amide bonds. The molecule has 0 aromatic heterocycles. The number of rotatable bonds is 3. The number of nitriles is 2. The molecule has 0 N–H and O–H groups in total. The van der Waals surface area contributed by atoms with Gasteiger partial charge >= 0.3 is 0 Å². The normalized spacial score (nSPS) is 22.1. The van der Waals surface area contributed by atoms with E-state index in [9.17, 15) is 15.3 Å². The van der Waals surface area contributed by atoms with Gasteiger partial charge in [-0.05, 0) is 34.9 Å². The number of hydrogen-bond acceptors (Lipinski definition) is 4. The third kappa shape index (κ3) is 3.15. The highest BCUT2D eigenvalue weighted by atomic mass is 35.5. The van der Waals surface area contributed by atoms with Crippen molar-refractivity contribution in [3.8, 4) is 12.1 Å². The summed E-state index contributed by atoms with van der Waals surface area (Å²) in [5, 5.41) is 21.7. The summed E-state index contributed by atoms with van der Waals surface area (Å²) < 4.78 is 0. The van der Waals surface area contributed by atoms with Crippen molar-refractivity contribution in [3.63, 3.8) is 0 Å². The number of benzene rings is 3. The van der Waals surface area contributed by atoms with Crippen LogP contribution in [0.4, 0.5) is 0 Å². The van der Waals surface area contributed by atoms with E-state index in [1.165, 1.54) is 0 Å². The molecule has 5 rings (SSSR count). The van der Waals surface area contributed by atoms with Gasteiger partial charge in [0.05, 0.1) is 28.2 Å². The maximum atomic E-state index is 13.9. The summed E-state index contributed by atoms with van der Waals surface area (Å²) in [6.45, 7) is 0. The van der Waals surface area contributed by atoms with Crippen molar-refractivity contribution >= 4 is 35.1 Å². The summed E-state index contributed by atoms with van der Waals surface area (Å²) in [6, 6.07) is 24.9. The molecular weight excluding hydrogens is 453 g/mol. The molecule has 160 valence electrons. The molecule has 0 spiro atoms. The summed E-state index contributed by atoms with van der Waals surface area (Å²) in [7, 11) is 0. The van der Waals surface area contributed by atoms with Crippen LogP contribution in [-0.4, -0.2) is 16.7 Å². The van der Waals surface area contributed by atoms with Crippen LogP contribution < -0.4 is 0 Å². The second-order valence-corrected chi connectivity index (χ2v) is 9.03. The van der Waals surface area contributed by atoms with E-state index in [0.717, 1.165) is 11.1 Å². The van der Waals surface area contributed by atoms with Gasteiger partial charge in [-0.2, -0.15) is 10.5 Å². The molecule has 1 fully saturated rings. The van der Waals surface area contributed by atoms with E-state index in [1.807, 2.05) is 47.5 Å². The predicted octanol–water partition coefficient (Wildman–Crippen LogP) is 6.40. The van der Waals surface area contributed by atoms with Gasteiger partial charge in [0.15, 0.2) is 11.2 Å². The van der Waals surface area contributed by atoms with Crippen molar-refractivity contribution in [2.24, 2.45) is 5.41 Å². The molecule has 3 aromatic carbocycles. The van der Waals surface area contributed by atoms with Crippen LogP contribution in [0, 0.1) is 28.1 Å². The lowest BCUT2D eigenvalue weighted by molar-refractivity contribution is 0.0874. The maximum absolute atomic E-state index is 13.9. The summed E-state index contributed by atoms with van der Waals surface area (Å²) in [6.07, 6.45) is 3.76. The summed E-state index contributed by atoms with van der Waals surface area (Å²) in [5.41, 5.74) is 1.38. The van der Waals surface area contributed by atoms with Crippen LogP contribution in [0.2, 0.25) is 10.0 Å². The number of nitrogens with zero attached hydrogens (tertiary/aromatic N) is 3. The Morgan fingerprint density at radius 2 is 1.61 bits per heavy atom. The van der Waals surface area contributed by atoms with Crippen molar-refractivity contribution in [1.82, 2.24) is 4.90 Å². The standard InChI is InChI=1S/C27H17Cl2N3O/c28-21-11-10-19(14-22(21)29)23-24(25(33)18-7-2-1-3-8-18)32-13-12-17-6-4-5-9-20(17)26(32)27(23,15-30)16-31/h1-14,23-24,26H. The van der Waals surface area contributed by atoms with Gasteiger partial charge in [0.2, 0.25) is 0 Å². The zero-order chi connectivity index (χ0) is 23.2. The monoisotopic (exact) mass is 469 g/mol. The smallest absolute Gasteiger partial charge is 0.185 e. The van der Waals surface area contributed by atoms with Crippen LogP contribution in [-0.2, 0) is 0 Å². The maximum Gasteiger partial charge on any atom is 0.185 e. The van der Waals surface area contributed by atoms with Gasteiger partial charge in [-0.1, -0.05) is 83.9 Å². The second-order valence-electron chi connectivity index (χ2n) is 8.21. The highest BCUT2D eigenvalue weighted by Gasteiger charge is 2.63. The summed E-state index contributed by atoms with van der Waals surface area (Å²) >= 11 is 12.5. The third-order valence-electron chi connectivity index (χ3n) is 6.57. The van der Waals surface area contributed by atoms with Gasteiger partial charge in [-0.15, -0.1) is 0 Å². The van der Waals surface area contributed by atoms with Crippen molar-refractivity contribution in [2.45, 2.75) is 18.0 Å². The highest BCUT2D eigenvalue weighted by Crippen LogP contribution is 2.60. The molecule has 3 unspecified atom stereocenters. The Morgan fingerprint density at radius 3 is 2.30 bits per heavy atom. The molecule has 3 aromatic rings. The molecule has 0 aliphatic carbocycles. The first-order valence-corrected chi connectivity index (χ1v) is 11.2. The number of hydrogen-bond donors (Lipinski definition) is 0. The number of ketones is 1.